The van der Waals surface area contributed by atoms with E-state index in [1.165, 1.54) is 13.0 Å². The standard InChI is InChI=1S/C11H23N3S/c1-4-10-9-13(3)7-6-8-14(10)11(15)12-5-2/h10H,4-9H2,1-3H3,(H,12,15). The monoisotopic (exact) mass is 229 g/mol. The molecule has 0 bridgehead atoms. The van der Waals surface area contributed by atoms with Gasteiger partial charge in [0.15, 0.2) is 5.11 Å². The minimum absolute atomic E-state index is 0.573. The van der Waals surface area contributed by atoms with Gasteiger partial charge in [0.1, 0.15) is 0 Å². The van der Waals surface area contributed by atoms with Crippen molar-refractivity contribution in [1.82, 2.24) is 15.1 Å². The largest absolute Gasteiger partial charge is 0.363 e. The molecule has 0 radical (unpaired) electrons. The summed E-state index contributed by atoms with van der Waals surface area (Å²) in [5.74, 6) is 0. The van der Waals surface area contributed by atoms with Gasteiger partial charge in [-0.3, -0.25) is 0 Å². The minimum atomic E-state index is 0.573. The van der Waals surface area contributed by atoms with E-state index in [1.807, 2.05) is 0 Å². The van der Waals surface area contributed by atoms with Crippen LogP contribution in [-0.2, 0) is 0 Å². The Bertz CT molecular complexity index is 208. The first-order chi connectivity index (χ1) is 7.19. The first-order valence-electron chi connectivity index (χ1n) is 5.92. The predicted molar refractivity (Wildman–Crippen MR) is 69.2 cm³/mol. The fourth-order valence-electron chi connectivity index (χ4n) is 2.11. The van der Waals surface area contributed by atoms with Crippen LogP contribution >= 0.6 is 12.2 Å². The Labute approximate surface area is 98.8 Å². The summed E-state index contributed by atoms with van der Waals surface area (Å²) < 4.78 is 0. The fourth-order valence-corrected chi connectivity index (χ4v) is 2.50. The number of nitrogens with one attached hydrogen (secondary N) is 1. The Hall–Kier alpha value is -0.350. The van der Waals surface area contributed by atoms with Crippen LogP contribution in [0.25, 0.3) is 0 Å². The van der Waals surface area contributed by atoms with Crippen LogP contribution in [0.5, 0.6) is 0 Å². The molecule has 4 heteroatoms. The molecular formula is C11H23N3S. The lowest BCUT2D eigenvalue weighted by Crippen LogP contribution is -2.48. The van der Waals surface area contributed by atoms with E-state index in [1.54, 1.807) is 0 Å². The summed E-state index contributed by atoms with van der Waals surface area (Å²) in [6.07, 6.45) is 2.37. The molecule has 0 aromatic heterocycles. The van der Waals surface area contributed by atoms with Gasteiger partial charge in [0.05, 0.1) is 0 Å². The van der Waals surface area contributed by atoms with E-state index in [9.17, 15) is 0 Å². The Morgan fingerprint density at radius 2 is 2.13 bits per heavy atom. The van der Waals surface area contributed by atoms with Gasteiger partial charge in [-0.25, -0.2) is 0 Å². The highest BCUT2D eigenvalue weighted by Crippen LogP contribution is 2.12. The number of hydrogen-bond acceptors (Lipinski definition) is 2. The highest BCUT2D eigenvalue weighted by Gasteiger charge is 2.23. The van der Waals surface area contributed by atoms with E-state index in [-0.39, 0.29) is 0 Å². The van der Waals surface area contributed by atoms with Crippen LogP contribution in [-0.4, -0.2) is 54.2 Å². The first-order valence-corrected chi connectivity index (χ1v) is 6.32. The van der Waals surface area contributed by atoms with Crippen LogP contribution < -0.4 is 5.32 Å². The summed E-state index contributed by atoms with van der Waals surface area (Å²) in [4.78, 5) is 4.77. The average molecular weight is 229 g/mol. The van der Waals surface area contributed by atoms with Crippen molar-refractivity contribution in [2.45, 2.75) is 32.7 Å². The quantitative estimate of drug-likeness (QED) is 0.719. The molecule has 1 atom stereocenters. The summed E-state index contributed by atoms with van der Waals surface area (Å²) in [5, 5.41) is 4.19. The van der Waals surface area contributed by atoms with Crippen molar-refractivity contribution >= 4 is 17.3 Å². The molecule has 88 valence electrons. The molecule has 1 unspecified atom stereocenters. The molecule has 1 aliphatic rings. The predicted octanol–water partition coefficient (Wildman–Crippen LogP) is 1.30. The zero-order valence-corrected chi connectivity index (χ0v) is 10.9. The third kappa shape index (κ3) is 3.61. The molecule has 1 N–H and O–H groups in total. The van der Waals surface area contributed by atoms with E-state index < -0.39 is 0 Å². The number of thiocarbonyl (C=S) groups is 1. The van der Waals surface area contributed by atoms with Gasteiger partial charge in [-0.05, 0) is 45.6 Å². The topological polar surface area (TPSA) is 18.5 Å². The summed E-state index contributed by atoms with van der Waals surface area (Å²) in [5.41, 5.74) is 0. The maximum absolute atomic E-state index is 5.41. The molecule has 1 rings (SSSR count). The second kappa shape index (κ2) is 6.28. The molecule has 1 aliphatic heterocycles. The molecule has 3 nitrogen and oxygen atoms in total. The van der Waals surface area contributed by atoms with Crippen molar-refractivity contribution in [1.29, 1.82) is 0 Å². The van der Waals surface area contributed by atoms with Gasteiger partial charge < -0.3 is 15.1 Å². The molecule has 0 saturated carbocycles. The SMILES string of the molecule is CCNC(=S)N1CCCN(C)CC1CC. The average Bonchev–Trinajstić information content (AvgIpc) is 2.39. The van der Waals surface area contributed by atoms with E-state index in [0.29, 0.717) is 6.04 Å². The van der Waals surface area contributed by atoms with Crippen molar-refractivity contribution in [3.8, 4) is 0 Å². The Kier molecular flexibility index (Phi) is 5.32. The van der Waals surface area contributed by atoms with Gasteiger partial charge in [0.25, 0.3) is 0 Å². The van der Waals surface area contributed by atoms with Crippen molar-refractivity contribution in [2.24, 2.45) is 0 Å². The highest BCUT2D eigenvalue weighted by atomic mass is 32.1. The van der Waals surface area contributed by atoms with Gasteiger partial charge in [0.2, 0.25) is 0 Å². The van der Waals surface area contributed by atoms with E-state index in [2.05, 4.69) is 36.0 Å². The Balaban J connectivity index is 2.62. The lowest BCUT2D eigenvalue weighted by atomic mass is 10.2. The van der Waals surface area contributed by atoms with Crippen molar-refractivity contribution in [2.75, 3.05) is 33.2 Å². The molecule has 1 heterocycles. The van der Waals surface area contributed by atoms with Crippen LogP contribution in [0, 0.1) is 0 Å². The van der Waals surface area contributed by atoms with Crippen LogP contribution in [0.4, 0.5) is 0 Å². The molecule has 1 fully saturated rings. The summed E-state index contributed by atoms with van der Waals surface area (Å²) in [6.45, 7) is 8.66. The lowest BCUT2D eigenvalue weighted by Gasteiger charge is -2.32. The van der Waals surface area contributed by atoms with E-state index in [4.69, 9.17) is 12.2 Å². The Morgan fingerprint density at radius 1 is 1.40 bits per heavy atom. The first kappa shape index (κ1) is 12.7. The van der Waals surface area contributed by atoms with Crippen LogP contribution in [0.3, 0.4) is 0 Å². The van der Waals surface area contributed by atoms with Gasteiger partial charge in [-0.15, -0.1) is 0 Å². The van der Waals surface area contributed by atoms with Crippen molar-refractivity contribution in [3.63, 3.8) is 0 Å². The number of likely N-dealkylation sites (N-methyl/N-ethyl adjacent to an activating group) is 1. The maximum Gasteiger partial charge on any atom is 0.169 e. The van der Waals surface area contributed by atoms with Crippen molar-refractivity contribution in [3.05, 3.63) is 0 Å². The van der Waals surface area contributed by atoms with E-state index in [0.717, 1.165) is 31.2 Å². The number of nitrogens with zero attached hydrogens (tertiary/aromatic N) is 2. The molecule has 0 spiro atoms. The van der Waals surface area contributed by atoms with Gasteiger partial charge >= 0.3 is 0 Å². The number of hydrogen-bond donors (Lipinski definition) is 1. The smallest absolute Gasteiger partial charge is 0.169 e. The second-order valence-electron chi connectivity index (χ2n) is 4.21. The van der Waals surface area contributed by atoms with E-state index >= 15 is 0 Å². The van der Waals surface area contributed by atoms with Gasteiger partial charge in [-0.2, -0.15) is 0 Å². The molecule has 0 aliphatic carbocycles. The molecule has 1 saturated heterocycles. The highest BCUT2D eigenvalue weighted by molar-refractivity contribution is 7.80. The third-order valence-corrected chi connectivity index (χ3v) is 3.34. The molecule has 0 aromatic rings. The summed E-state index contributed by atoms with van der Waals surface area (Å²) >= 11 is 5.41. The molecular weight excluding hydrogens is 206 g/mol. The zero-order chi connectivity index (χ0) is 11.3. The fraction of sp³-hybridized carbons (Fsp3) is 0.909. The lowest BCUT2D eigenvalue weighted by molar-refractivity contribution is 0.262. The normalized spacial score (nSPS) is 23.7. The Morgan fingerprint density at radius 3 is 2.73 bits per heavy atom. The van der Waals surface area contributed by atoms with Crippen molar-refractivity contribution < 1.29 is 0 Å². The molecule has 0 aromatic carbocycles. The number of rotatable bonds is 2. The summed E-state index contributed by atoms with van der Waals surface area (Å²) in [7, 11) is 2.20. The summed E-state index contributed by atoms with van der Waals surface area (Å²) in [6, 6.07) is 0.573. The zero-order valence-electron chi connectivity index (χ0n) is 10.1. The van der Waals surface area contributed by atoms with Gasteiger partial charge in [-0.1, -0.05) is 6.92 Å². The molecule has 15 heavy (non-hydrogen) atoms. The molecule has 0 amide bonds. The minimum Gasteiger partial charge on any atom is -0.363 e. The maximum atomic E-state index is 5.41. The van der Waals surface area contributed by atoms with Crippen LogP contribution in [0.2, 0.25) is 0 Å². The van der Waals surface area contributed by atoms with Gasteiger partial charge in [0, 0.05) is 25.7 Å². The second-order valence-corrected chi connectivity index (χ2v) is 4.59. The van der Waals surface area contributed by atoms with Crippen LogP contribution in [0.15, 0.2) is 0 Å². The van der Waals surface area contributed by atoms with Crippen LogP contribution in [0.1, 0.15) is 26.7 Å². The third-order valence-electron chi connectivity index (χ3n) is 2.96.